The number of ether oxygens (including phenoxy) is 1. The molecule has 0 aliphatic rings. The molecule has 0 saturated heterocycles. The second-order valence-corrected chi connectivity index (χ2v) is 4.63. The lowest BCUT2D eigenvalue weighted by molar-refractivity contribution is -0.137. The summed E-state index contributed by atoms with van der Waals surface area (Å²) in [5.41, 5.74) is -1.15. The van der Waals surface area contributed by atoms with Crippen LogP contribution in [-0.2, 0) is 12.8 Å². The molecule has 1 nitrogen and oxygen atoms in total. The van der Waals surface area contributed by atoms with E-state index < -0.39 is 24.2 Å². The van der Waals surface area contributed by atoms with Crippen molar-refractivity contribution < 1.29 is 30.9 Å². The first kappa shape index (κ1) is 16.3. The lowest BCUT2D eigenvalue weighted by atomic mass is 9.80. The van der Waals surface area contributed by atoms with E-state index in [4.69, 9.17) is 4.74 Å². The van der Waals surface area contributed by atoms with E-state index >= 15 is 0 Å². The second kappa shape index (κ2) is 5.94. The fourth-order valence-electron chi connectivity index (χ4n) is 1.76. The molecular weight excluding hydrogens is 309 g/mol. The van der Waals surface area contributed by atoms with E-state index in [0.717, 1.165) is 24.3 Å². The van der Waals surface area contributed by atoms with Gasteiger partial charge in [0, 0.05) is 0 Å². The minimum Gasteiger partial charge on any atom is -0.489 e. The monoisotopic (exact) mass is 319 g/mol. The van der Waals surface area contributed by atoms with E-state index in [9.17, 15) is 26.1 Å². The highest BCUT2D eigenvalue weighted by molar-refractivity contribution is 6.73. The van der Waals surface area contributed by atoms with Gasteiger partial charge in [0.2, 0.25) is 0 Å². The normalized spacial score (nSPS) is 12.3. The van der Waals surface area contributed by atoms with Crippen LogP contribution in [0.5, 0.6) is 5.75 Å². The van der Waals surface area contributed by atoms with Crippen LogP contribution in [0.2, 0.25) is 0 Å². The van der Waals surface area contributed by atoms with Gasteiger partial charge in [-0.2, -0.15) is 13.2 Å². The molecular formula is C14H10BF6O-. The molecule has 0 spiro atoms. The SMILES string of the molecule is F[B-](F)(F)c1cccc(OCc2ccc(C(F)(F)F)cc2)c1. The summed E-state index contributed by atoms with van der Waals surface area (Å²) in [6.45, 7) is -5.24. The van der Waals surface area contributed by atoms with Crippen molar-refractivity contribution in [2.75, 3.05) is 0 Å². The van der Waals surface area contributed by atoms with Crippen LogP contribution in [-0.4, -0.2) is 6.98 Å². The second-order valence-electron chi connectivity index (χ2n) is 4.63. The third-order valence-corrected chi connectivity index (χ3v) is 2.92. The minimum atomic E-state index is -5.12. The Hall–Kier alpha value is -2.12. The number of halogens is 6. The van der Waals surface area contributed by atoms with Crippen LogP contribution >= 0.6 is 0 Å². The Morgan fingerprint density at radius 3 is 2.09 bits per heavy atom. The molecule has 0 unspecified atom stereocenters. The Bertz CT molecular complexity index is 633. The van der Waals surface area contributed by atoms with Crippen molar-refractivity contribution >= 4 is 12.4 Å². The lowest BCUT2D eigenvalue weighted by Gasteiger charge is -2.16. The van der Waals surface area contributed by atoms with Gasteiger partial charge in [-0.15, -0.1) is 5.46 Å². The molecule has 0 aliphatic carbocycles. The summed E-state index contributed by atoms with van der Waals surface area (Å²) >= 11 is 0. The van der Waals surface area contributed by atoms with Crippen molar-refractivity contribution in [1.29, 1.82) is 0 Å². The van der Waals surface area contributed by atoms with E-state index in [1.54, 1.807) is 0 Å². The molecule has 0 fully saturated rings. The van der Waals surface area contributed by atoms with Crippen molar-refractivity contribution in [1.82, 2.24) is 0 Å². The van der Waals surface area contributed by atoms with E-state index in [2.05, 4.69) is 0 Å². The summed E-state index contributed by atoms with van der Waals surface area (Å²) < 4.78 is 80.1. The van der Waals surface area contributed by atoms with Crippen LogP contribution in [0.1, 0.15) is 11.1 Å². The summed E-state index contributed by atoms with van der Waals surface area (Å²) in [6.07, 6.45) is -4.43. The zero-order chi connectivity index (χ0) is 16.4. The molecule has 0 heterocycles. The highest BCUT2D eigenvalue weighted by Gasteiger charge is 2.30. The first-order valence-electron chi connectivity index (χ1n) is 6.25. The largest absolute Gasteiger partial charge is 0.509 e. The van der Waals surface area contributed by atoms with Gasteiger partial charge in [-0.1, -0.05) is 24.3 Å². The minimum absolute atomic E-state index is 0.0107. The highest BCUT2D eigenvalue weighted by atomic mass is 19.4. The molecule has 2 rings (SSSR count). The van der Waals surface area contributed by atoms with Gasteiger partial charge in [0.25, 0.3) is 0 Å². The van der Waals surface area contributed by atoms with Gasteiger partial charge in [-0.3, -0.25) is 0 Å². The smallest absolute Gasteiger partial charge is 0.489 e. The zero-order valence-electron chi connectivity index (χ0n) is 11.1. The fraction of sp³-hybridized carbons (Fsp3) is 0.143. The van der Waals surface area contributed by atoms with Gasteiger partial charge >= 0.3 is 13.2 Å². The number of hydrogen-bond acceptors (Lipinski definition) is 1. The van der Waals surface area contributed by atoms with E-state index in [0.29, 0.717) is 5.56 Å². The molecule has 22 heavy (non-hydrogen) atoms. The molecule has 0 amide bonds. The molecule has 0 atom stereocenters. The Balaban J connectivity index is 2.04. The number of rotatable bonds is 4. The van der Waals surface area contributed by atoms with Crippen molar-refractivity contribution in [3.63, 3.8) is 0 Å². The van der Waals surface area contributed by atoms with Crippen LogP contribution in [0, 0.1) is 0 Å². The van der Waals surface area contributed by atoms with Crippen LogP contribution < -0.4 is 10.2 Å². The zero-order valence-corrected chi connectivity index (χ0v) is 11.1. The van der Waals surface area contributed by atoms with Crippen molar-refractivity contribution in [3.05, 3.63) is 59.7 Å². The summed E-state index contributed by atoms with van der Waals surface area (Å²) in [6, 6.07) is 8.61. The van der Waals surface area contributed by atoms with Gasteiger partial charge in [-0.25, -0.2) is 0 Å². The average Bonchev–Trinajstić information content (AvgIpc) is 2.44. The summed E-state index contributed by atoms with van der Waals surface area (Å²) in [7, 11) is 0. The number of alkyl halides is 3. The predicted octanol–water partition coefficient (Wildman–Crippen LogP) is 4.34. The van der Waals surface area contributed by atoms with Crippen molar-refractivity contribution in [2.24, 2.45) is 0 Å². The lowest BCUT2D eigenvalue weighted by Crippen LogP contribution is -2.33. The summed E-state index contributed by atoms with van der Waals surface area (Å²) in [4.78, 5) is 0. The molecule has 0 radical (unpaired) electrons. The summed E-state index contributed by atoms with van der Waals surface area (Å²) in [5, 5.41) is 0. The fourth-order valence-corrected chi connectivity index (χ4v) is 1.76. The van der Waals surface area contributed by atoms with Crippen LogP contribution in [0.15, 0.2) is 48.5 Å². The van der Waals surface area contributed by atoms with Crippen LogP contribution in [0.25, 0.3) is 0 Å². The average molecular weight is 319 g/mol. The highest BCUT2D eigenvalue weighted by Crippen LogP contribution is 2.29. The van der Waals surface area contributed by atoms with Crippen LogP contribution in [0.4, 0.5) is 26.1 Å². The van der Waals surface area contributed by atoms with Gasteiger partial charge in [-0.05, 0) is 29.8 Å². The maximum absolute atomic E-state index is 12.6. The predicted molar refractivity (Wildman–Crippen MR) is 70.9 cm³/mol. The Labute approximate surface area is 122 Å². The molecule has 0 saturated carbocycles. The first-order chi connectivity index (χ1) is 10.2. The number of hydrogen-bond donors (Lipinski definition) is 0. The standard InChI is InChI=1S/C14H10BF6O/c16-14(17,18)11-6-4-10(5-7-11)9-22-13-3-1-2-12(8-13)15(19,20)21/h1-8H,9H2/q-1. The summed E-state index contributed by atoms with van der Waals surface area (Å²) in [5.74, 6) is 0.0107. The molecule has 0 N–H and O–H groups in total. The molecule has 0 aromatic heterocycles. The third-order valence-electron chi connectivity index (χ3n) is 2.92. The Morgan fingerprint density at radius 1 is 0.909 bits per heavy atom. The molecule has 0 aliphatic heterocycles. The maximum Gasteiger partial charge on any atom is 0.509 e. The van der Waals surface area contributed by atoms with Gasteiger partial charge < -0.3 is 17.7 Å². The van der Waals surface area contributed by atoms with E-state index in [1.165, 1.54) is 24.3 Å². The van der Waals surface area contributed by atoms with E-state index in [1.807, 2.05) is 0 Å². The molecule has 0 bridgehead atoms. The van der Waals surface area contributed by atoms with Crippen molar-refractivity contribution in [3.8, 4) is 5.75 Å². The van der Waals surface area contributed by atoms with Gasteiger partial charge in [0.05, 0.1) is 5.56 Å². The molecule has 8 heteroatoms. The molecule has 2 aromatic rings. The molecule has 118 valence electrons. The number of benzene rings is 2. The van der Waals surface area contributed by atoms with E-state index in [-0.39, 0.29) is 12.4 Å². The maximum atomic E-state index is 12.6. The quantitative estimate of drug-likeness (QED) is 0.602. The topological polar surface area (TPSA) is 9.23 Å². The van der Waals surface area contributed by atoms with Gasteiger partial charge in [0.15, 0.2) is 0 Å². The Kier molecular flexibility index (Phi) is 4.39. The van der Waals surface area contributed by atoms with Crippen molar-refractivity contribution in [2.45, 2.75) is 12.8 Å². The molecule has 2 aromatic carbocycles. The van der Waals surface area contributed by atoms with Gasteiger partial charge in [0.1, 0.15) is 12.4 Å². The third kappa shape index (κ3) is 4.19. The van der Waals surface area contributed by atoms with Crippen LogP contribution in [0.3, 0.4) is 0 Å². The Morgan fingerprint density at radius 2 is 1.55 bits per heavy atom. The first-order valence-corrected chi connectivity index (χ1v) is 6.25.